The molecule has 8 aromatic rings. The smallest absolute Gasteiger partial charge is 0.234 e. The highest BCUT2D eigenvalue weighted by molar-refractivity contribution is 7.77. The van der Waals surface area contributed by atoms with Crippen molar-refractivity contribution >= 4 is 61.5 Å². The van der Waals surface area contributed by atoms with Gasteiger partial charge in [0.05, 0.1) is 22.1 Å². The summed E-state index contributed by atoms with van der Waals surface area (Å²) < 4.78 is 20.2. The van der Waals surface area contributed by atoms with Crippen LogP contribution >= 0.6 is 7.29 Å². The molecule has 0 bridgehead atoms. The Kier molecular flexibility index (Phi) is 5.03. The Morgan fingerprint density at radius 3 is 1.60 bits per heavy atom. The van der Waals surface area contributed by atoms with Gasteiger partial charge in [-0.3, -0.25) is 13.5 Å². The first-order valence-electron chi connectivity index (χ1n) is 13.2. The standard InChI is InChI=1S/C34H23N4OP/c39-40(24-12-3-1-4-13-24,25-14-5-2-6-15-25)38-31-19-10-8-17-27(31)29-21-20-28-26-16-7-9-18-30(26)37(32(28)33(29)38)34-35-22-11-23-36-34/h1-23H. The molecule has 0 aliphatic rings. The fourth-order valence-electron chi connectivity index (χ4n) is 6.03. The molecule has 5 aromatic carbocycles. The van der Waals surface area contributed by atoms with E-state index in [1.807, 2.05) is 84.9 Å². The van der Waals surface area contributed by atoms with Crippen LogP contribution in [0.5, 0.6) is 0 Å². The molecule has 0 aliphatic carbocycles. The number of benzene rings is 5. The Bertz CT molecular complexity index is 2190. The second-order valence-corrected chi connectivity index (χ2v) is 12.4. The largest absolute Gasteiger partial charge is 0.290 e. The maximum absolute atomic E-state index is 15.9. The molecule has 3 aromatic heterocycles. The van der Waals surface area contributed by atoms with E-state index >= 15 is 4.57 Å². The van der Waals surface area contributed by atoms with E-state index in [1.54, 1.807) is 12.4 Å². The van der Waals surface area contributed by atoms with Gasteiger partial charge in [0.1, 0.15) is 0 Å². The van der Waals surface area contributed by atoms with E-state index in [9.17, 15) is 0 Å². The SMILES string of the molecule is O=P(c1ccccc1)(c1ccccc1)n1c2ccccc2c2ccc3c4ccccc4n(-c4ncccn4)c3c21. The third-order valence-corrected chi connectivity index (χ3v) is 10.7. The first kappa shape index (κ1) is 22.9. The molecule has 0 unspecified atom stereocenters. The molecule has 0 saturated carbocycles. The lowest BCUT2D eigenvalue weighted by atomic mass is 10.1. The van der Waals surface area contributed by atoms with Gasteiger partial charge >= 0.3 is 0 Å². The first-order chi connectivity index (χ1) is 19.8. The first-order valence-corrected chi connectivity index (χ1v) is 14.9. The van der Waals surface area contributed by atoms with Gasteiger partial charge in [0.15, 0.2) is 0 Å². The van der Waals surface area contributed by atoms with E-state index in [1.165, 1.54) is 0 Å². The summed E-state index contributed by atoms with van der Waals surface area (Å²) in [5, 5.41) is 5.80. The van der Waals surface area contributed by atoms with Gasteiger partial charge in [0, 0.05) is 44.5 Å². The predicted octanol–water partition coefficient (Wildman–Crippen LogP) is 7.46. The molecule has 8 rings (SSSR count). The van der Waals surface area contributed by atoms with Crippen LogP contribution in [0.15, 0.2) is 140 Å². The van der Waals surface area contributed by atoms with Crippen molar-refractivity contribution in [3.8, 4) is 5.95 Å². The molecule has 0 spiro atoms. The summed E-state index contributed by atoms with van der Waals surface area (Å²) in [6, 6.07) is 42.4. The second-order valence-electron chi connectivity index (χ2n) is 9.84. The molecule has 0 aliphatic heterocycles. The van der Waals surface area contributed by atoms with Crippen LogP contribution in [0, 0.1) is 0 Å². The van der Waals surface area contributed by atoms with E-state index in [-0.39, 0.29) is 0 Å². The molecule has 3 heterocycles. The van der Waals surface area contributed by atoms with Crippen molar-refractivity contribution in [3.63, 3.8) is 0 Å². The highest BCUT2D eigenvalue weighted by atomic mass is 31.2. The van der Waals surface area contributed by atoms with Crippen LogP contribution in [-0.2, 0) is 4.57 Å². The van der Waals surface area contributed by atoms with E-state index in [2.05, 4.69) is 61.3 Å². The average molecular weight is 535 g/mol. The summed E-state index contributed by atoms with van der Waals surface area (Å²) in [6.07, 6.45) is 3.52. The minimum absolute atomic E-state index is 0.576. The minimum Gasteiger partial charge on any atom is -0.290 e. The summed E-state index contributed by atoms with van der Waals surface area (Å²) in [4.78, 5) is 9.33. The lowest BCUT2D eigenvalue weighted by Crippen LogP contribution is -2.21. The zero-order valence-corrected chi connectivity index (χ0v) is 22.3. The Hall–Kier alpha value is -4.99. The molecule has 0 amide bonds. The Morgan fingerprint density at radius 1 is 0.475 bits per heavy atom. The molecule has 5 nitrogen and oxygen atoms in total. The zero-order valence-electron chi connectivity index (χ0n) is 21.4. The number of nitrogens with zero attached hydrogens (tertiary/aromatic N) is 4. The van der Waals surface area contributed by atoms with Gasteiger partial charge in [0.25, 0.3) is 0 Å². The van der Waals surface area contributed by atoms with E-state index in [0.717, 1.165) is 54.2 Å². The normalized spacial score (nSPS) is 12.1. The van der Waals surface area contributed by atoms with Crippen LogP contribution in [0.2, 0.25) is 0 Å². The molecule has 190 valence electrons. The second kappa shape index (κ2) is 8.77. The van der Waals surface area contributed by atoms with Crippen LogP contribution in [0.25, 0.3) is 49.6 Å². The molecular formula is C34H23N4OP. The number of para-hydroxylation sites is 2. The summed E-state index contributed by atoms with van der Waals surface area (Å²) >= 11 is 0. The van der Waals surface area contributed by atoms with Crippen LogP contribution in [0.1, 0.15) is 0 Å². The van der Waals surface area contributed by atoms with Gasteiger partial charge in [-0.1, -0.05) is 84.9 Å². The van der Waals surface area contributed by atoms with Crippen molar-refractivity contribution in [1.82, 2.24) is 18.9 Å². The fraction of sp³-hybridized carbons (Fsp3) is 0. The molecule has 0 atom stereocenters. The van der Waals surface area contributed by atoms with Crippen LogP contribution in [-0.4, -0.2) is 18.9 Å². The number of hydrogen-bond donors (Lipinski definition) is 0. The van der Waals surface area contributed by atoms with Gasteiger partial charge in [-0.25, -0.2) is 9.97 Å². The molecule has 40 heavy (non-hydrogen) atoms. The molecular weight excluding hydrogens is 511 g/mol. The molecule has 6 heteroatoms. The maximum Gasteiger partial charge on any atom is 0.234 e. The van der Waals surface area contributed by atoms with Crippen molar-refractivity contribution in [3.05, 3.63) is 140 Å². The maximum atomic E-state index is 15.9. The average Bonchev–Trinajstić information content (AvgIpc) is 3.55. The quantitative estimate of drug-likeness (QED) is 0.220. The Labute approximate surface area is 230 Å². The number of fused-ring (bicyclic) bond motifs is 7. The van der Waals surface area contributed by atoms with Crippen molar-refractivity contribution in [2.24, 2.45) is 0 Å². The van der Waals surface area contributed by atoms with Gasteiger partial charge < -0.3 is 0 Å². The van der Waals surface area contributed by atoms with Gasteiger partial charge in [-0.05, 0) is 42.5 Å². The summed E-state index contributed by atoms with van der Waals surface area (Å²) in [5.41, 5.74) is 3.76. The number of hydrogen-bond acceptors (Lipinski definition) is 3. The van der Waals surface area contributed by atoms with Gasteiger partial charge in [-0.15, -0.1) is 0 Å². The molecule has 0 radical (unpaired) electrons. The van der Waals surface area contributed by atoms with Crippen molar-refractivity contribution in [2.75, 3.05) is 0 Å². The lowest BCUT2D eigenvalue weighted by Gasteiger charge is -2.24. The van der Waals surface area contributed by atoms with E-state index in [4.69, 9.17) is 0 Å². The van der Waals surface area contributed by atoms with Gasteiger partial charge in [-0.2, -0.15) is 0 Å². The molecule has 0 saturated heterocycles. The summed E-state index contributed by atoms with van der Waals surface area (Å²) in [5.74, 6) is 0.576. The summed E-state index contributed by atoms with van der Waals surface area (Å²) in [7, 11) is -3.42. The molecule has 0 fully saturated rings. The topological polar surface area (TPSA) is 52.7 Å². The lowest BCUT2D eigenvalue weighted by molar-refractivity contribution is 0.583. The molecule has 0 N–H and O–H groups in total. The third-order valence-electron chi connectivity index (χ3n) is 7.69. The van der Waals surface area contributed by atoms with E-state index < -0.39 is 7.29 Å². The van der Waals surface area contributed by atoms with Crippen molar-refractivity contribution < 1.29 is 4.57 Å². The van der Waals surface area contributed by atoms with Crippen LogP contribution < -0.4 is 10.6 Å². The summed E-state index contributed by atoms with van der Waals surface area (Å²) in [6.45, 7) is 0. The Balaban J connectivity index is 1.67. The minimum atomic E-state index is -3.42. The van der Waals surface area contributed by atoms with Gasteiger partial charge in [0.2, 0.25) is 13.2 Å². The van der Waals surface area contributed by atoms with E-state index in [0.29, 0.717) is 5.95 Å². The van der Waals surface area contributed by atoms with Crippen LogP contribution in [0.3, 0.4) is 0 Å². The zero-order chi connectivity index (χ0) is 26.7. The van der Waals surface area contributed by atoms with Crippen LogP contribution in [0.4, 0.5) is 0 Å². The number of aromatic nitrogens is 4. The predicted molar refractivity (Wildman–Crippen MR) is 165 cm³/mol. The highest BCUT2D eigenvalue weighted by Gasteiger charge is 2.34. The Morgan fingerprint density at radius 2 is 0.975 bits per heavy atom. The fourth-order valence-corrected chi connectivity index (χ4v) is 8.90. The third kappa shape index (κ3) is 3.13. The van der Waals surface area contributed by atoms with Crippen molar-refractivity contribution in [2.45, 2.75) is 0 Å². The van der Waals surface area contributed by atoms with Crippen molar-refractivity contribution in [1.29, 1.82) is 0 Å². The monoisotopic (exact) mass is 534 g/mol. The highest BCUT2D eigenvalue weighted by Crippen LogP contribution is 2.53. The number of rotatable bonds is 4.